The van der Waals surface area contributed by atoms with Gasteiger partial charge in [-0.05, 0) is 42.1 Å². The highest BCUT2D eigenvalue weighted by atomic mass is 79.9. The van der Waals surface area contributed by atoms with Crippen LogP contribution < -0.4 is 5.32 Å². The number of aromatic nitrogens is 1. The molecule has 0 aliphatic rings. The summed E-state index contributed by atoms with van der Waals surface area (Å²) in [7, 11) is 1.61. The first-order valence-corrected chi connectivity index (χ1v) is 10.2. The summed E-state index contributed by atoms with van der Waals surface area (Å²) in [5.41, 5.74) is 1.68. The first kappa shape index (κ1) is 18.8. The van der Waals surface area contributed by atoms with Crippen molar-refractivity contribution >= 4 is 56.1 Å². The molecule has 0 spiro atoms. The van der Waals surface area contributed by atoms with Gasteiger partial charge in [0.15, 0.2) is 0 Å². The Morgan fingerprint density at radius 1 is 1.31 bits per heavy atom. The Hall–Kier alpha value is -2.03. The van der Waals surface area contributed by atoms with Gasteiger partial charge >= 0.3 is 0 Å². The standard InChI is InChI=1S/C18H16BrN3O2S2/c1-11-8-12(19)5-6-13(11)21-16(23)10-22(2)18(24)15-9-20-17(26-15)14-4-3-7-25-14/h3-9H,10H2,1-2H3,(H,21,23). The lowest BCUT2D eigenvalue weighted by atomic mass is 10.2. The lowest BCUT2D eigenvalue weighted by molar-refractivity contribution is -0.116. The fourth-order valence-electron chi connectivity index (χ4n) is 2.32. The summed E-state index contributed by atoms with van der Waals surface area (Å²) >= 11 is 6.31. The van der Waals surface area contributed by atoms with Gasteiger partial charge in [-0.1, -0.05) is 22.0 Å². The Morgan fingerprint density at radius 2 is 2.12 bits per heavy atom. The molecule has 2 amide bonds. The van der Waals surface area contributed by atoms with Crippen molar-refractivity contribution in [1.29, 1.82) is 0 Å². The smallest absolute Gasteiger partial charge is 0.265 e. The van der Waals surface area contributed by atoms with Crippen molar-refractivity contribution in [2.24, 2.45) is 0 Å². The number of aryl methyl sites for hydroxylation is 1. The first-order valence-electron chi connectivity index (χ1n) is 7.75. The van der Waals surface area contributed by atoms with Crippen LogP contribution in [0.1, 0.15) is 15.2 Å². The van der Waals surface area contributed by atoms with E-state index in [1.807, 2.05) is 42.6 Å². The second kappa shape index (κ2) is 8.11. The topological polar surface area (TPSA) is 62.3 Å². The first-order chi connectivity index (χ1) is 12.4. The normalized spacial score (nSPS) is 10.6. The lowest BCUT2D eigenvalue weighted by Gasteiger charge is -2.16. The summed E-state index contributed by atoms with van der Waals surface area (Å²) < 4.78 is 0.951. The van der Waals surface area contributed by atoms with Gasteiger partial charge in [0.1, 0.15) is 9.88 Å². The number of thiophene rings is 1. The lowest BCUT2D eigenvalue weighted by Crippen LogP contribution is -2.34. The predicted octanol–water partition coefficient (Wildman–Crippen LogP) is 4.65. The molecule has 0 radical (unpaired) electrons. The SMILES string of the molecule is Cc1cc(Br)ccc1NC(=O)CN(C)C(=O)c1cnc(-c2cccs2)s1. The maximum absolute atomic E-state index is 12.5. The largest absolute Gasteiger partial charge is 0.332 e. The number of rotatable bonds is 5. The summed E-state index contributed by atoms with van der Waals surface area (Å²) in [6, 6.07) is 9.53. The minimum absolute atomic E-state index is 0.0272. The van der Waals surface area contributed by atoms with Crippen molar-refractivity contribution in [2.75, 3.05) is 18.9 Å². The van der Waals surface area contributed by atoms with E-state index in [4.69, 9.17) is 0 Å². The Balaban J connectivity index is 1.62. The van der Waals surface area contributed by atoms with Crippen LogP contribution in [0.5, 0.6) is 0 Å². The predicted molar refractivity (Wildman–Crippen MR) is 110 cm³/mol. The van der Waals surface area contributed by atoms with Gasteiger partial charge < -0.3 is 10.2 Å². The minimum Gasteiger partial charge on any atom is -0.332 e. The van der Waals surface area contributed by atoms with Crippen molar-refractivity contribution in [3.8, 4) is 9.88 Å². The molecule has 1 aromatic carbocycles. The summed E-state index contributed by atoms with van der Waals surface area (Å²) in [6.07, 6.45) is 1.56. The molecule has 0 saturated carbocycles. The van der Waals surface area contributed by atoms with E-state index >= 15 is 0 Å². The highest BCUT2D eigenvalue weighted by molar-refractivity contribution is 9.10. The monoisotopic (exact) mass is 449 g/mol. The van der Waals surface area contributed by atoms with E-state index in [-0.39, 0.29) is 18.4 Å². The number of anilines is 1. The average molecular weight is 450 g/mol. The van der Waals surface area contributed by atoms with Gasteiger partial charge in [0.2, 0.25) is 5.91 Å². The van der Waals surface area contributed by atoms with Crippen LogP contribution in [0.25, 0.3) is 9.88 Å². The fraction of sp³-hybridized carbons (Fsp3) is 0.167. The van der Waals surface area contributed by atoms with E-state index in [0.717, 1.165) is 25.6 Å². The third-order valence-corrected chi connectivity index (χ3v) is 6.16. The number of carbonyl (C=O) groups excluding carboxylic acids is 2. The molecular weight excluding hydrogens is 434 g/mol. The van der Waals surface area contributed by atoms with Gasteiger partial charge in [-0.2, -0.15) is 0 Å². The molecule has 0 fully saturated rings. The summed E-state index contributed by atoms with van der Waals surface area (Å²) in [6.45, 7) is 1.89. The summed E-state index contributed by atoms with van der Waals surface area (Å²) in [4.78, 5) is 32.0. The Labute approximate surface area is 167 Å². The fourth-order valence-corrected chi connectivity index (χ4v) is 4.51. The number of benzene rings is 1. The van der Waals surface area contributed by atoms with Crippen LogP contribution in [0.15, 0.2) is 46.4 Å². The van der Waals surface area contributed by atoms with E-state index in [2.05, 4.69) is 26.2 Å². The minimum atomic E-state index is -0.241. The summed E-state index contributed by atoms with van der Waals surface area (Å²) in [5, 5.41) is 5.62. The molecule has 0 aliphatic carbocycles. The van der Waals surface area contributed by atoms with Crippen molar-refractivity contribution in [1.82, 2.24) is 9.88 Å². The second-order valence-electron chi connectivity index (χ2n) is 5.68. The Bertz CT molecular complexity index is 938. The van der Waals surface area contributed by atoms with Crippen molar-refractivity contribution in [3.05, 3.63) is 56.8 Å². The van der Waals surface area contributed by atoms with Gasteiger partial charge in [-0.15, -0.1) is 22.7 Å². The molecule has 5 nitrogen and oxygen atoms in total. The molecule has 3 rings (SSSR count). The Kier molecular flexibility index (Phi) is 5.85. The zero-order valence-electron chi connectivity index (χ0n) is 14.2. The van der Waals surface area contributed by atoms with Crippen LogP contribution in [0.2, 0.25) is 0 Å². The second-order valence-corrected chi connectivity index (χ2v) is 8.57. The number of halogens is 1. The van der Waals surface area contributed by atoms with Crippen molar-refractivity contribution < 1.29 is 9.59 Å². The number of nitrogens with one attached hydrogen (secondary N) is 1. The molecule has 134 valence electrons. The quantitative estimate of drug-likeness (QED) is 0.616. The molecule has 26 heavy (non-hydrogen) atoms. The maximum atomic E-state index is 12.5. The van der Waals surface area contributed by atoms with Crippen molar-refractivity contribution in [2.45, 2.75) is 6.92 Å². The van der Waals surface area contributed by atoms with Gasteiger partial charge in [-0.3, -0.25) is 9.59 Å². The summed E-state index contributed by atoms with van der Waals surface area (Å²) in [5.74, 6) is -0.456. The highest BCUT2D eigenvalue weighted by Gasteiger charge is 2.18. The van der Waals surface area contributed by atoms with Gasteiger partial charge in [0, 0.05) is 17.2 Å². The average Bonchev–Trinajstić information content (AvgIpc) is 3.27. The molecule has 0 atom stereocenters. The number of nitrogens with zero attached hydrogens (tertiary/aromatic N) is 2. The third-order valence-electron chi connectivity index (χ3n) is 3.64. The van der Waals surface area contributed by atoms with Gasteiger partial charge in [-0.25, -0.2) is 4.98 Å². The van der Waals surface area contributed by atoms with Crippen LogP contribution in [0, 0.1) is 6.92 Å². The van der Waals surface area contributed by atoms with Gasteiger partial charge in [0.05, 0.1) is 17.6 Å². The number of thiazole rings is 1. The molecule has 2 heterocycles. The van der Waals surface area contributed by atoms with Crippen LogP contribution in [0.3, 0.4) is 0 Å². The molecule has 8 heteroatoms. The highest BCUT2D eigenvalue weighted by Crippen LogP contribution is 2.29. The third kappa shape index (κ3) is 4.38. The van der Waals surface area contributed by atoms with Crippen LogP contribution in [-0.2, 0) is 4.79 Å². The number of hydrogen-bond acceptors (Lipinski definition) is 5. The number of carbonyl (C=O) groups is 2. The molecule has 0 aliphatic heterocycles. The zero-order chi connectivity index (χ0) is 18.7. The zero-order valence-corrected chi connectivity index (χ0v) is 17.4. The molecule has 3 aromatic rings. The molecule has 0 unspecified atom stereocenters. The maximum Gasteiger partial charge on any atom is 0.265 e. The Morgan fingerprint density at radius 3 is 2.81 bits per heavy atom. The molecule has 2 aromatic heterocycles. The van der Waals surface area contributed by atoms with E-state index in [0.29, 0.717) is 4.88 Å². The number of hydrogen-bond donors (Lipinski definition) is 1. The van der Waals surface area contributed by atoms with E-state index in [1.165, 1.54) is 16.2 Å². The molecular formula is C18H16BrN3O2S2. The van der Waals surface area contributed by atoms with Crippen LogP contribution in [-0.4, -0.2) is 35.3 Å². The van der Waals surface area contributed by atoms with Crippen molar-refractivity contribution in [3.63, 3.8) is 0 Å². The van der Waals surface area contributed by atoms with Crippen LogP contribution in [0.4, 0.5) is 5.69 Å². The van der Waals surface area contributed by atoms with E-state index < -0.39 is 0 Å². The van der Waals surface area contributed by atoms with Gasteiger partial charge in [0.25, 0.3) is 5.91 Å². The number of likely N-dealkylation sites (N-methyl/N-ethyl adjacent to an activating group) is 1. The van der Waals surface area contributed by atoms with Crippen LogP contribution >= 0.6 is 38.6 Å². The number of amides is 2. The molecule has 0 saturated heterocycles. The molecule has 0 bridgehead atoms. The van der Waals surface area contributed by atoms with E-state index in [9.17, 15) is 9.59 Å². The van der Waals surface area contributed by atoms with E-state index in [1.54, 1.807) is 24.6 Å². The molecule has 1 N–H and O–H groups in total.